The Hall–Kier alpha value is -1.04. The number of rotatable bonds is 19. The molecule has 2 unspecified atom stereocenters. The van der Waals surface area contributed by atoms with Crippen LogP contribution in [-0.2, 0) is 4.79 Å². The summed E-state index contributed by atoms with van der Waals surface area (Å²) < 4.78 is 0. The molecule has 0 aromatic heterocycles. The minimum absolute atomic E-state index is 0.0670. The molecule has 0 aromatic carbocycles. The van der Waals surface area contributed by atoms with Gasteiger partial charge in [0.2, 0.25) is 5.91 Å². The third-order valence-electron chi connectivity index (χ3n) is 5.63. The third kappa shape index (κ3) is 17.1. The van der Waals surface area contributed by atoms with Crippen LogP contribution in [0, 0.1) is 23.2 Å². The molecule has 0 aliphatic carbocycles. The molecule has 3 nitrogen and oxygen atoms in total. The Kier molecular flexibility index (Phi) is 18.6. The van der Waals surface area contributed by atoms with E-state index in [1.807, 2.05) is 0 Å². The van der Waals surface area contributed by atoms with E-state index in [9.17, 15) is 10.1 Å². The molecular formula is C25H48N2O. The molecule has 0 bridgehead atoms. The van der Waals surface area contributed by atoms with Crippen molar-refractivity contribution in [1.29, 1.82) is 5.26 Å². The summed E-state index contributed by atoms with van der Waals surface area (Å²) in [4.78, 5) is 12.3. The van der Waals surface area contributed by atoms with Gasteiger partial charge in [-0.2, -0.15) is 5.26 Å². The fourth-order valence-electron chi connectivity index (χ4n) is 3.69. The summed E-state index contributed by atoms with van der Waals surface area (Å²) in [6.45, 7) is 8.77. The predicted molar refractivity (Wildman–Crippen MR) is 121 cm³/mol. The lowest BCUT2D eigenvalue weighted by Crippen LogP contribution is -2.36. The smallest absolute Gasteiger partial charge is 0.237 e. The Morgan fingerprint density at radius 1 is 0.750 bits per heavy atom. The number of amides is 1. The van der Waals surface area contributed by atoms with E-state index >= 15 is 0 Å². The van der Waals surface area contributed by atoms with Gasteiger partial charge in [0.1, 0.15) is 5.92 Å². The molecule has 0 heterocycles. The van der Waals surface area contributed by atoms with Crippen molar-refractivity contribution in [2.24, 2.45) is 11.8 Å². The monoisotopic (exact) mass is 392 g/mol. The van der Waals surface area contributed by atoms with Gasteiger partial charge in [-0.15, -0.1) is 0 Å². The Balaban J connectivity index is 3.64. The number of nitriles is 1. The van der Waals surface area contributed by atoms with Gasteiger partial charge >= 0.3 is 0 Å². The molecule has 1 N–H and O–H groups in total. The first-order valence-corrected chi connectivity index (χ1v) is 12.2. The van der Waals surface area contributed by atoms with Crippen molar-refractivity contribution in [1.82, 2.24) is 5.32 Å². The van der Waals surface area contributed by atoms with Gasteiger partial charge in [0.05, 0.1) is 6.07 Å². The zero-order valence-corrected chi connectivity index (χ0v) is 19.4. The second kappa shape index (κ2) is 19.3. The summed E-state index contributed by atoms with van der Waals surface area (Å²) in [7, 11) is 0. The van der Waals surface area contributed by atoms with Crippen LogP contribution in [-0.4, -0.2) is 11.9 Å². The van der Waals surface area contributed by atoms with Crippen LogP contribution in [0.3, 0.4) is 0 Å². The predicted octanol–water partition coefficient (Wildman–Crippen LogP) is 7.55. The van der Waals surface area contributed by atoms with Crippen LogP contribution in [0.4, 0.5) is 0 Å². The molecule has 0 spiro atoms. The van der Waals surface area contributed by atoms with E-state index < -0.39 is 5.92 Å². The van der Waals surface area contributed by atoms with Crippen molar-refractivity contribution < 1.29 is 4.79 Å². The average molecular weight is 393 g/mol. The van der Waals surface area contributed by atoms with E-state index in [-0.39, 0.29) is 11.9 Å². The maximum Gasteiger partial charge on any atom is 0.237 e. The largest absolute Gasteiger partial charge is 0.353 e. The van der Waals surface area contributed by atoms with E-state index in [2.05, 4.69) is 39.1 Å². The minimum Gasteiger partial charge on any atom is -0.353 e. The second-order valence-electron chi connectivity index (χ2n) is 9.09. The molecule has 2 atom stereocenters. The van der Waals surface area contributed by atoms with Gasteiger partial charge in [0, 0.05) is 6.04 Å². The molecule has 28 heavy (non-hydrogen) atoms. The highest BCUT2D eigenvalue weighted by molar-refractivity contribution is 5.81. The summed E-state index contributed by atoms with van der Waals surface area (Å²) in [6.07, 6.45) is 19.7. The van der Waals surface area contributed by atoms with E-state index in [1.54, 1.807) is 0 Å². The number of nitrogens with zero attached hydrogens (tertiary/aromatic N) is 1. The average Bonchev–Trinajstić information content (AvgIpc) is 2.65. The highest BCUT2D eigenvalue weighted by atomic mass is 16.1. The molecule has 164 valence electrons. The Morgan fingerprint density at radius 2 is 1.25 bits per heavy atom. The van der Waals surface area contributed by atoms with E-state index in [0.29, 0.717) is 12.3 Å². The van der Waals surface area contributed by atoms with E-state index in [0.717, 1.165) is 25.7 Å². The van der Waals surface area contributed by atoms with Crippen LogP contribution in [0.1, 0.15) is 130 Å². The molecule has 0 radical (unpaired) electrons. The van der Waals surface area contributed by atoms with Crippen molar-refractivity contribution in [2.45, 2.75) is 136 Å². The molecule has 0 aromatic rings. The van der Waals surface area contributed by atoms with Crippen LogP contribution in [0.5, 0.6) is 0 Å². The van der Waals surface area contributed by atoms with Crippen molar-refractivity contribution in [2.75, 3.05) is 0 Å². The van der Waals surface area contributed by atoms with Gasteiger partial charge in [0.25, 0.3) is 0 Å². The van der Waals surface area contributed by atoms with Gasteiger partial charge in [-0.3, -0.25) is 4.79 Å². The SMILES string of the molecule is CCCCCCCCCCCCCCC(C#N)C(=O)NC(C)CCCC(C)C. The molecule has 1 amide bonds. The highest BCUT2D eigenvalue weighted by Crippen LogP contribution is 2.15. The molecule has 0 aliphatic rings. The topological polar surface area (TPSA) is 52.9 Å². The minimum atomic E-state index is -0.476. The second-order valence-corrected chi connectivity index (χ2v) is 9.09. The molecule has 0 rings (SSSR count). The van der Waals surface area contributed by atoms with Gasteiger partial charge in [-0.25, -0.2) is 0 Å². The quantitative estimate of drug-likeness (QED) is 0.231. The van der Waals surface area contributed by atoms with Crippen LogP contribution in [0.2, 0.25) is 0 Å². The summed E-state index contributed by atoms with van der Waals surface area (Å²) >= 11 is 0. The number of carbonyl (C=O) groups excluding carboxylic acids is 1. The number of hydrogen-bond donors (Lipinski definition) is 1. The Bertz CT molecular complexity index is 400. The Morgan fingerprint density at radius 3 is 1.71 bits per heavy atom. The van der Waals surface area contributed by atoms with Crippen molar-refractivity contribution in [3.05, 3.63) is 0 Å². The number of hydrogen-bond acceptors (Lipinski definition) is 2. The maximum atomic E-state index is 12.3. The summed E-state index contributed by atoms with van der Waals surface area (Å²) in [5.41, 5.74) is 0. The van der Waals surface area contributed by atoms with Crippen LogP contribution >= 0.6 is 0 Å². The van der Waals surface area contributed by atoms with Crippen LogP contribution in [0.25, 0.3) is 0 Å². The number of unbranched alkanes of at least 4 members (excludes halogenated alkanes) is 11. The van der Waals surface area contributed by atoms with E-state index in [4.69, 9.17) is 0 Å². The highest BCUT2D eigenvalue weighted by Gasteiger charge is 2.18. The Labute approximate surface area is 176 Å². The van der Waals surface area contributed by atoms with Crippen molar-refractivity contribution >= 4 is 5.91 Å². The summed E-state index contributed by atoms with van der Waals surface area (Å²) in [5.74, 6) is 0.166. The number of carbonyl (C=O) groups is 1. The zero-order valence-electron chi connectivity index (χ0n) is 19.4. The lowest BCUT2D eigenvalue weighted by molar-refractivity contribution is -0.124. The van der Waals surface area contributed by atoms with Gasteiger partial charge in [-0.05, 0) is 25.7 Å². The summed E-state index contributed by atoms with van der Waals surface area (Å²) in [6, 6.07) is 2.38. The van der Waals surface area contributed by atoms with Crippen molar-refractivity contribution in [3.63, 3.8) is 0 Å². The molecule has 3 heteroatoms. The molecule has 0 saturated heterocycles. The molecule has 0 saturated carbocycles. The van der Waals surface area contributed by atoms with Crippen LogP contribution < -0.4 is 5.32 Å². The van der Waals surface area contributed by atoms with Crippen LogP contribution in [0.15, 0.2) is 0 Å². The first kappa shape index (κ1) is 27.0. The third-order valence-corrected chi connectivity index (χ3v) is 5.63. The first-order valence-electron chi connectivity index (χ1n) is 12.2. The lowest BCUT2D eigenvalue weighted by Gasteiger charge is -2.17. The molecule has 0 aliphatic heterocycles. The standard InChI is InChI=1S/C25H48N2O/c1-5-6-7-8-9-10-11-12-13-14-15-16-20-24(21-26)25(28)27-23(4)19-17-18-22(2)3/h22-24H,5-20H2,1-4H3,(H,27,28). The number of nitrogens with one attached hydrogen (secondary N) is 1. The fraction of sp³-hybridized carbons (Fsp3) is 0.920. The maximum absolute atomic E-state index is 12.3. The molecule has 0 fully saturated rings. The van der Waals surface area contributed by atoms with Gasteiger partial charge in [-0.1, -0.05) is 111 Å². The fourth-order valence-corrected chi connectivity index (χ4v) is 3.69. The summed E-state index contributed by atoms with van der Waals surface area (Å²) in [5, 5.41) is 12.4. The van der Waals surface area contributed by atoms with Gasteiger partial charge < -0.3 is 5.32 Å². The van der Waals surface area contributed by atoms with Crippen molar-refractivity contribution in [3.8, 4) is 6.07 Å². The first-order chi connectivity index (χ1) is 13.5. The molecular weight excluding hydrogens is 344 g/mol. The van der Waals surface area contributed by atoms with Gasteiger partial charge in [0.15, 0.2) is 0 Å². The zero-order chi connectivity index (χ0) is 21.0. The lowest BCUT2D eigenvalue weighted by atomic mass is 9.99. The van der Waals surface area contributed by atoms with E-state index in [1.165, 1.54) is 70.6 Å². The normalized spacial score (nSPS) is 13.3.